The van der Waals surface area contributed by atoms with Crippen molar-refractivity contribution in [2.75, 3.05) is 17.7 Å². The molecule has 6 nitrogen and oxygen atoms in total. The second kappa shape index (κ2) is 8.88. The molecule has 3 aromatic carbocycles. The van der Waals surface area contributed by atoms with Gasteiger partial charge in [-0.05, 0) is 29.8 Å². The quantitative estimate of drug-likeness (QED) is 0.296. The molecule has 0 spiro atoms. The Labute approximate surface area is 190 Å². The van der Waals surface area contributed by atoms with E-state index in [0.29, 0.717) is 29.1 Å². The lowest BCUT2D eigenvalue weighted by atomic mass is 10.0. The molecule has 1 N–H and O–H groups in total. The molecule has 0 aliphatic carbocycles. The van der Waals surface area contributed by atoms with Crippen molar-refractivity contribution in [3.05, 3.63) is 78.9 Å². The molecular formula is C25H22N4O2S. The third-order valence-electron chi connectivity index (χ3n) is 5.16. The smallest absolute Gasteiger partial charge is 0.247 e. The van der Waals surface area contributed by atoms with Crippen LogP contribution in [-0.2, 0) is 0 Å². The van der Waals surface area contributed by atoms with Gasteiger partial charge in [0.2, 0.25) is 17.3 Å². The monoisotopic (exact) mass is 442 g/mol. The molecule has 1 atom stereocenters. The predicted octanol–water partition coefficient (Wildman–Crippen LogP) is 5.87. The lowest BCUT2D eigenvalue weighted by molar-refractivity contribution is 0.218. The molecule has 1 aliphatic rings. The molecule has 0 bridgehead atoms. The van der Waals surface area contributed by atoms with E-state index in [1.165, 1.54) is 11.8 Å². The first kappa shape index (κ1) is 20.3. The van der Waals surface area contributed by atoms with Crippen molar-refractivity contribution in [1.29, 1.82) is 0 Å². The average molecular weight is 443 g/mol. The van der Waals surface area contributed by atoms with Crippen LogP contribution in [0.15, 0.2) is 78.5 Å². The van der Waals surface area contributed by atoms with E-state index in [2.05, 4.69) is 45.3 Å². The number of nitrogens with one attached hydrogen (secondary N) is 1. The van der Waals surface area contributed by atoms with Crippen molar-refractivity contribution in [2.24, 2.45) is 0 Å². The molecule has 0 radical (unpaired) electrons. The summed E-state index contributed by atoms with van der Waals surface area (Å²) in [6.07, 6.45) is 1.28. The minimum absolute atomic E-state index is 0.435. The van der Waals surface area contributed by atoms with Gasteiger partial charge in [0.15, 0.2) is 5.69 Å². The van der Waals surface area contributed by atoms with E-state index in [4.69, 9.17) is 9.47 Å². The van der Waals surface area contributed by atoms with Gasteiger partial charge in [0.1, 0.15) is 5.75 Å². The molecule has 2 heterocycles. The maximum atomic E-state index is 6.50. The minimum Gasteiger partial charge on any atom is -0.493 e. The molecule has 160 valence electrons. The Morgan fingerprint density at radius 2 is 1.94 bits per heavy atom. The number of rotatable bonds is 6. The van der Waals surface area contributed by atoms with Gasteiger partial charge in [-0.2, -0.15) is 4.98 Å². The summed E-state index contributed by atoms with van der Waals surface area (Å²) < 4.78 is 12.5. The molecule has 7 heteroatoms. The summed E-state index contributed by atoms with van der Waals surface area (Å²) in [6.45, 7) is 6.29. The van der Waals surface area contributed by atoms with Crippen molar-refractivity contribution in [3.8, 4) is 22.9 Å². The van der Waals surface area contributed by atoms with Crippen molar-refractivity contribution < 1.29 is 9.47 Å². The van der Waals surface area contributed by atoms with Gasteiger partial charge in [-0.1, -0.05) is 66.4 Å². The van der Waals surface area contributed by atoms with Crippen LogP contribution in [0, 0.1) is 0 Å². The van der Waals surface area contributed by atoms with E-state index < -0.39 is 6.23 Å². The molecule has 32 heavy (non-hydrogen) atoms. The lowest BCUT2D eigenvalue weighted by Gasteiger charge is -2.23. The Hall–Kier alpha value is -3.58. The first-order chi connectivity index (χ1) is 15.8. The summed E-state index contributed by atoms with van der Waals surface area (Å²) >= 11 is 1.46. The molecule has 5 rings (SSSR count). The van der Waals surface area contributed by atoms with Crippen LogP contribution in [-0.4, -0.2) is 27.5 Å². The third-order valence-corrected chi connectivity index (χ3v) is 5.99. The zero-order chi connectivity index (χ0) is 21.9. The van der Waals surface area contributed by atoms with Crippen molar-refractivity contribution in [1.82, 2.24) is 15.2 Å². The zero-order valence-electron chi connectivity index (χ0n) is 17.6. The van der Waals surface area contributed by atoms with Gasteiger partial charge in [0, 0.05) is 17.0 Å². The zero-order valence-corrected chi connectivity index (χ0v) is 18.4. The van der Waals surface area contributed by atoms with Gasteiger partial charge >= 0.3 is 0 Å². The fraction of sp³-hybridized carbons (Fsp3) is 0.160. The van der Waals surface area contributed by atoms with E-state index in [9.17, 15) is 0 Å². The molecule has 1 aliphatic heterocycles. The largest absolute Gasteiger partial charge is 0.493 e. The topological polar surface area (TPSA) is 69.2 Å². The molecule has 0 fully saturated rings. The molecule has 0 saturated carbocycles. The fourth-order valence-corrected chi connectivity index (χ4v) is 4.31. The number of aromatic nitrogens is 3. The van der Waals surface area contributed by atoms with E-state index in [1.54, 1.807) is 0 Å². The minimum atomic E-state index is -0.529. The van der Waals surface area contributed by atoms with Crippen molar-refractivity contribution in [3.63, 3.8) is 0 Å². The van der Waals surface area contributed by atoms with Crippen LogP contribution in [0.3, 0.4) is 0 Å². The second-order valence-electron chi connectivity index (χ2n) is 7.17. The highest BCUT2D eigenvalue weighted by Gasteiger charge is 2.29. The first-order valence-electron chi connectivity index (χ1n) is 10.4. The van der Waals surface area contributed by atoms with Gasteiger partial charge in [0.25, 0.3) is 0 Å². The molecule has 1 unspecified atom stereocenters. The maximum Gasteiger partial charge on any atom is 0.247 e. The van der Waals surface area contributed by atoms with Crippen LogP contribution in [0.4, 0.5) is 5.69 Å². The molecule has 0 saturated heterocycles. The highest BCUT2D eigenvalue weighted by atomic mass is 32.2. The summed E-state index contributed by atoms with van der Waals surface area (Å²) in [4.78, 5) is 4.68. The second-order valence-corrected chi connectivity index (χ2v) is 8.15. The van der Waals surface area contributed by atoms with Gasteiger partial charge in [-0.25, -0.2) is 0 Å². The predicted molar refractivity (Wildman–Crippen MR) is 128 cm³/mol. The molecule has 4 aromatic rings. The Morgan fingerprint density at radius 3 is 2.81 bits per heavy atom. The Bertz CT molecular complexity index is 1290. The summed E-state index contributed by atoms with van der Waals surface area (Å²) in [7, 11) is 0. The van der Waals surface area contributed by atoms with Gasteiger partial charge in [0.05, 0.1) is 12.2 Å². The van der Waals surface area contributed by atoms with Crippen LogP contribution in [0.1, 0.15) is 18.7 Å². The van der Waals surface area contributed by atoms with Crippen LogP contribution in [0.25, 0.3) is 22.0 Å². The molecule has 1 aromatic heterocycles. The number of fused-ring (bicyclic) bond motifs is 4. The molecular weight excluding hydrogens is 420 g/mol. The maximum absolute atomic E-state index is 6.50. The Morgan fingerprint density at radius 1 is 1.09 bits per heavy atom. The van der Waals surface area contributed by atoms with Gasteiger partial charge in [-0.3, -0.25) is 0 Å². The SMILES string of the molecule is C=CCSc1nnc2c(n1)OC(c1c(OCC)ccc3ccccc13)Nc1ccccc1-2. The van der Waals surface area contributed by atoms with Gasteiger partial charge in [-0.15, -0.1) is 16.8 Å². The van der Waals surface area contributed by atoms with E-state index in [0.717, 1.165) is 33.3 Å². The number of hydrogen-bond donors (Lipinski definition) is 1. The van der Waals surface area contributed by atoms with E-state index >= 15 is 0 Å². The number of para-hydroxylation sites is 1. The third kappa shape index (κ3) is 3.76. The standard InChI is InChI=1S/C25H22N4O2S/c1-3-15-32-25-27-24-22(28-29-25)18-11-7-8-12-19(18)26-23(31-24)21-17-10-6-5-9-16(17)13-14-20(21)30-4-2/h3,5-14,23,26H,1,4,15H2,2H3. The van der Waals surface area contributed by atoms with Crippen LogP contribution < -0.4 is 14.8 Å². The fourth-order valence-electron chi connectivity index (χ4n) is 3.80. The van der Waals surface area contributed by atoms with Crippen molar-refractivity contribution in [2.45, 2.75) is 18.3 Å². The van der Waals surface area contributed by atoms with Crippen LogP contribution >= 0.6 is 11.8 Å². The van der Waals surface area contributed by atoms with E-state index in [1.807, 2.05) is 55.5 Å². The Balaban J connectivity index is 1.69. The Kier molecular flexibility index (Phi) is 5.64. The highest BCUT2D eigenvalue weighted by molar-refractivity contribution is 7.99. The summed E-state index contributed by atoms with van der Waals surface area (Å²) in [5.74, 6) is 1.90. The summed E-state index contributed by atoms with van der Waals surface area (Å²) in [5, 5.41) is 15.0. The number of benzene rings is 3. The van der Waals surface area contributed by atoms with Crippen LogP contribution in [0.5, 0.6) is 11.6 Å². The first-order valence-corrected chi connectivity index (χ1v) is 11.4. The van der Waals surface area contributed by atoms with Crippen LogP contribution in [0.2, 0.25) is 0 Å². The van der Waals surface area contributed by atoms with E-state index in [-0.39, 0.29) is 0 Å². The molecule has 0 amide bonds. The lowest BCUT2D eigenvalue weighted by Crippen LogP contribution is -2.19. The summed E-state index contributed by atoms with van der Waals surface area (Å²) in [6, 6.07) is 20.2. The highest BCUT2D eigenvalue weighted by Crippen LogP contribution is 2.43. The normalized spacial score (nSPS) is 14.5. The number of ether oxygens (including phenoxy) is 2. The van der Waals surface area contributed by atoms with Crippen molar-refractivity contribution >= 4 is 28.2 Å². The number of thioether (sulfide) groups is 1. The number of nitrogens with zero attached hydrogens (tertiary/aromatic N) is 3. The number of anilines is 1. The summed E-state index contributed by atoms with van der Waals surface area (Å²) in [5.41, 5.74) is 3.32. The van der Waals surface area contributed by atoms with Gasteiger partial charge < -0.3 is 14.8 Å². The average Bonchev–Trinajstić information content (AvgIpc) is 2.99. The number of hydrogen-bond acceptors (Lipinski definition) is 7.